The van der Waals surface area contributed by atoms with Gasteiger partial charge < -0.3 is 15.0 Å². The van der Waals surface area contributed by atoms with Crippen molar-refractivity contribution in [1.82, 2.24) is 29.7 Å². The summed E-state index contributed by atoms with van der Waals surface area (Å²) in [5, 5.41) is 2.77. The summed E-state index contributed by atoms with van der Waals surface area (Å²) < 4.78 is 35.7. The fourth-order valence-electron chi connectivity index (χ4n) is 4.63. The molecule has 5 heterocycles. The predicted octanol–water partition coefficient (Wildman–Crippen LogP) is 2.02. The van der Waals surface area contributed by atoms with Crippen molar-refractivity contribution in [3.05, 3.63) is 59.9 Å². The molecule has 0 saturated carbocycles. The Balaban J connectivity index is 1.35. The zero-order valence-corrected chi connectivity index (χ0v) is 20.5. The van der Waals surface area contributed by atoms with Gasteiger partial charge in [0, 0.05) is 49.4 Å². The largest absolute Gasteiger partial charge is 0.476 e. The van der Waals surface area contributed by atoms with Crippen LogP contribution in [0.3, 0.4) is 0 Å². The third-order valence-corrected chi connectivity index (χ3v) is 6.56. The Hall–Kier alpha value is -4.68. The van der Waals surface area contributed by atoms with Gasteiger partial charge in [0.2, 0.25) is 11.9 Å². The summed E-state index contributed by atoms with van der Waals surface area (Å²) in [5.41, 5.74) is 3.02. The molecule has 0 unspecified atom stereocenters. The van der Waals surface area contributed by atoms with Gasteiger partial charge in [-0.05, 0) is 13.8 Å². The van der Waals surface area contributed by atoms with Crippen molar-refractivity contribution in [3.63, 3.8) is 0 Å². The van der Waals surface area contributed by atoms with Gasteiger partial charge in [0.05, 0.1) is 42.1 Å². The van der Waals surface area contributed by atoms with Gasteiger partial charge in [-0.3, -0.25) is 23.9 Å². The lowest BCUT2D eigenvalue weighted by atomic mass is 10.1. The van der Waals surface area contributed by atoms with E-state index in [1.165, 1.54) is 11.8 Å². The number of nitrogens with zero attached hydrogens (tertiary/aromatic N) is 7. The van der Waals surface area contributed by atoms with Gasteiger partial charge in [0.1, 0.15) is 5.82 Å². The van der Waals surface area contributed by atoms with E-state index in [-0.39, 0.29) is 30.4 Å². The number of piperazine rings is 1. The van der Waals surface area contributed by atoms with Gasteiger partial charge in [-0.1, -0.05) is 0 Å². The Morgan fingerprint density at radius 1 is 1.13 bits per heavy atom. The number of carbonyl (C=O) groups is 2. The zero-order valence-electron chi connectivity index (χ0n) is 20.5. The van der Waals surface area contributed by atoms with Crippen LogP contribution in [0.1, 0.15) is 18.3 Å². The maximum Gasteiger partial charge on any atom is 0.268 e. The second kappa shape index (κ2) is 9.01. The highest BCUT2D eigenvalue weighted by molar-refractivity contribution is 5.99. The molecule has 6 rings (SSSR count). The van der Waals surface area contributed by atoms with Crippen LogP contribution in [0.15, 0.2) is 36.9 Å². The predicted molar refractivity (Wildman–Crippen MR) is 132 cm³/mol. The molecule has 0 spiro atoms. The molecule has 0 radical (unpaired) electrons. The fourth-order valence-corrected chi connectivity index (χ4v) is 4.63. The maximum atomic E-state index is 14.5. The Bertz CT molecular complexity index is 1590. The highest BCUT2D eigenvalue weighted by Crippen LogP contribution is 2.38. The fraction of sp³-hybridized carbons (Fsp3) is 0.280. The Morgan fingerprint density at radius 3 is 2.68 bits per heavy atom. The van der Waals surface area contributed by atoms with Crippen LogP contribution in [0.4, 0.5) is 20.4 Å². The second-order valence-corrected chi connectivity index (χ2v) is 9.11. The van der Waals surface area contributed by atoms with E-state index >= 15 is 0 Å². The number of nitrogens with one attached hydrogen (secondary N) is 1. The average molecular weight is 521 g/mol. The summed E-state index contributed by atoms with van der Waals surface area (Å²) in [5.74, 6) is -1.93. The Labute approximate surface area is 215 Å². The first-order valence-electron chi connectivity index (χ1n) is 11.9. The number of imidazole rings is 1. The van der Waals surface area contributed by atoms with Crippen LogP contribution in [0.2, 0.25) is 0 Å². The molecule has 13 heteroatoms. The van der Waals surface area contributed by atoms with E-state index in [2.05, 4.69) is 25.3 Å². The molecule has 0 aliphatic carbocycles. The SMILES string of the molecule is Cc1nc2cnc(-c3cnc(N4CCNC(=O)C4)nc3)cn2c1CN1C(=O)[C@@H](C)Oc2c(F)cc(F)cc21. The van der Waals surface area contributed by atoms with Gasteiger partial charge in [-0.2, -0.15) is 0 Å². The van der Waals surface area contributed by atoms with Crippen LogP contribution >= 0.6 is 0 Å². The number of aryl methyl sites for hydroxylation is 1. The number of ether oxygens (including phenoxy) is 1. The van der Waals surface area contributed by atoms with Crippen LogP contribution in [0, 0.1) is 18.6 Å². The van der Waals surface area contributed by atoms with Crippen molar-refractivity contribution in [2.24, 2.45) is 0 Å². The van der Waals surface area contributed by atoms with Crippen molar-refractivity contribution in [2.75, 3.05) is 29.4 Å². The summed E-state index contributed by atoms with van der Waals surface area (Å²) >= 11 is 0. The summed E-state index contributed by atoms with van der Waals surface area (Å²) in [6.45, 7) is 4.64. The van der Waals surface area contributed by atoms with Crippen molar-refractivity contribution in [3.8, 4) is 17.0 Å². The molecule has 3 aromatic heterocycles. The van der Waals surface area contributed by atoms with E-state index < -0.39 is 23.6 Å². The number of aromatic nitrogens is 5. The first kappa shape index (κ1) is 23.7. The smallest absolute Gasteiger partial charge is 0.268 e. The van der Waals surface area contributed by atoms with Crippen LogP contribution in [-0.2, 0) is 16.1 Å². The van der Waals surface area contributed by atoms with E-state index in [0.29, 0.717) is 47.3 Å². The summed E-state index contributed by atoms with van der Waals surface area (Å²) in [6, 6.07) is 1.81. The molecule has 1 fully saturated rings. The topological polar surface area (TPSA) is 118 Å². The zero-order chi connectivity index (χ0) is 26.6. The van der Waals surface area contributed by atoms with Gasteiger partial charge in [-0.15, -0.1) is 0 Å². The minimum atomic E-state index is -0.944. The minimum Gasteiger partial charge on any atom is -0.476 e. The first-order valence-corrected chi connectivity index (χ1v) is 11.9. The molecule has 1 atom stereocenters. The van der Waals surface area contributed by atoms with Crippen molar-refractivity contribution in [2.45, 2.75) is 26.5 Å². The molecule has 38 heavy (non-hydrogen) atoms. The van der Waals surface area contributed by atoms with Gasteiger partial charge in [-0.25, -0.2) is 23.7 Å². The molecular weight excluding hydrogens is 498 g/mol. The molecule has 194 valence electrons. The van der Waals surface area contributed by atoms with Gasteiger partial charge >= 0.3 is 0 Å². The standard InChI is InChI=1S/C25H22F2N8O3/c1-13-20(11-35-19-6-16(26)5-17(27)23(19)38-14(2)24(35)37)34-10-18(29-9-21(34)32-13)15-7-30-25(31-8-15)33-4-3-28-22(36)12-33/h5-10,14H,3-4,11-12H2,1-2H3,(H,28,36)/t14-/m1/s1. The first-order chi connectivity index (χ1) is 18.3. The van der Waals surface area contributed by atoms with E-state index in [9.17, 15) is 18.4 Å². The van der Waals surface area contributed by atoms with Gasteiger partial charge in [0.25, 0.3) is 5.91 Å². The molecule has 1 aromatic carbocycles. The molecule has 11 nitrogen and oxygen atoms in total. The number of fused-ring (bicyclic) bond motifs is 2. The lowest BCUT2D eigenvalue weighted by molar-refractivity contribution is -0.125. The highest BCUT2D eigenvalue weighted by Gasteiger charge is 2.35. The summed E-state index contributed by atoms with van der Waals surface area (Å²) in [6.07, 6.45) is 5.65. The number of halogens is 2. The molecule has 2 aliphatic rings. The molecule has 1 saturated heterocycles. The molecule has 0 bridgehead atoms. The average Bonchev–Trinajstić information content (AvgIpc) is 3.21. The van der Waals surface area contributed by atoms with Crippen LogP contribution in [0.25, 0.3) is 16.9 Å². The quantitative estimate of drug-likeness (QED) is 0.434. The molecular formula is C25H22F2N8O3. The minimum absolute atomic E-state index is 0.00530. The number of anilines is 2. The summed E-state index contributed by atoms with van der Waals surface area (Å²) in [7, 11) is 0. The molecule has 2 amide bonds. The van der Waals surface area contributed by atoms with E-state index in [0.717, 1.165) is 12.1 Å². The number of hydrogen-bond donors (Lipinski definition) is 1. The molecule has 2 aliphatic heterocycles. The Kier molecular flexibility index (Phi) is 5.62. The van der Waals surface area contributed by atoms with Gasteiger partial charge in [0.15, 0.2) is 23.3 Å². The normalized spacial score (nSPS) is 17.4. The lowest BCUT2D eigenvalue weighted by Crippen LogP contribution is -2.48. The van der Waals surface area contributed by atoms with Crippen molar-refractivity contribution >= 4 is 29.1 Å². The van der Waals surface area contributed by atoms with Crippen LogP contribution in [0.5, 0.6) is 5.75 Å². The third kappa shape index (κ3) is 4.05. The second-order valence-electron chi connectivity index (χ2n) is 9.11. The Morgan fingerprint density at radius 2 is 1.92 bits per heavy atom. The van der Waals surface area contributed by atoms with Crippen LogP contribution in [-0.4, -0.2) is 61.9 Å². The monoisotopic (exact) mass is 520 g/mol. The molecule has 1 N–H and O–H groups in total. The highest BCUT2D eigenvalue weighted by atomic mass is 19.1. The van der Waals surface area contributed by atoms with Crippen LogP contribution < -0.4 is 19.9 Å². The lowest BCUT2D eigenvalue weighted by Gasteiger charge is -2.33. The number of rotatable bonds is 4. The summed E-state index contributed by atoms with van der Waals surface area (Å²) in [4.78, 5) is 45.6. The number of carbonyl (C=O) groups excluding carboxylic acids is 2. The third-order valence-electron chi connectivity index (χ3n) is 6.56. The van der Waals surface area contributed by atoms with Crippen molar-refractivity contribution < 1.29 is 23.1 Å². The van der Waals surface area contributed by atoms with Crippen molar-refractivity contribution in [1.29, 1.82) is 0 Å². The number of benzene rings is 1. The number of amides is 2. The van der Waals surface area contributed by atoms with E-state index in [1.54, 1.807) is 41.0 Å². The molecule has 4 aromatic rings. The van der Waals surface area contributed by atoms with E-state index in [1.807, 2.05) is 0 Å². The number of hydrogen-bond acceptors (Lipinski definition) is 8. The van der Waals surface area contributed by atoms with E-state index in [4.69, 9.17) is 4.74 Å². The maximum absolute atomic E-state index is 14.5.